The van der Waals surface area contributed by atoms with Crippen LogP contribution in [0, 0.1) is 0 Å². The summed E-state index contributed by atoms with van der Waals surface area (Å²) in [7, 11) is 0. The van der Waals surface area contributed by atoms with Crippen molar-refractivity contribution >= 4 is 21.6 Å². The summed E-state index contributed by atoms with van der Waals surface area (Å²) in [6.45, 7) is 1.05. The molecule has 0 bridgehead atoms. The van der Waals surface area contributed by atoms with Gasteiger partial charge >= 0.3 is 0 Å². The first kappa shape index (κ1) is 13.5. The number of nitrogens with zero attached hydrogens (tertiary/aromatic N) is 1. The van der Waals surface area contributed by atoms with E-state index in [4.69, 9.17) is 0 Å². The van der Waals surface area contributed by atoms with Gasteiger partial charge in [0.2, 0.25) is 11.0 Å². The van der Waals surface area contributed by atoms with Crippen molar-refractivity contribution in [3.05, 3.63) is 65.7 Å². The molecule has 1 aromatic heterocycles. The Morgan fingerprint density at radius 1 is 0.889 bits per heavy atom. The van der Waals surface area contributed by atoms with Crippen molar-refractivity contribution in [3.8, 4) is 0 Å². The molecule has 18 heavy (non-hydrogen) atoms. The molecule has 1 heterocycles. The molecule has 0 aliphatic carbocycles. The second-order valence-corrected chi connectivity index (χ2v) is 5.01. The highest BCUT2D eigenvalue weighted by atomic mass is 127. The largest absolute Gasteiger partial charge is 1.00 e. The van der Waals surface area contributed by atoms with Gasteiger partial charge in [-0.05, 0) is 11.6 Å². The van der Waals surface area contributed by atoms with Crippen LogP contribution in [0.25, 0.3) is 10.2 Å². The fourth-order valence-electron chi connectivity index (χ4n) is 2.04. The molecule has 0 radical (unpaired) electrons. The van der Waals surface area contributed by atoms with Gasteiger partial charge in [0.25, 0.3) is 0 Å². The van der Waals surface area contributed by atoms with Crippen molar-refractivity contribution in [3.63, 3.8) is 0 Å². The van der Waals surface area contributed by atoms with Crippen molar-refractivity contribution in [1.29, 1.82) is 0 Å². The van der Waals surface area contributed by atoms with Crippen molar-refractivity contribution in [2.45, 2.75) is 13.0 Å². The van der Waals surface area contributed by atoms with Crippen molar-refractivity contribution < 1.29 is 28.5 Å². The van der Waals surface area contributed by atoms with Crippen LogP contribution in [0.1, 0.15) is 5.56 Å². The Bertz CT molecular complexity index is 618. The van der Waals surface area contributed by atoms with Gasteiger partial charge in [0, 0.05) is 12.5 Å². The molecule has 0 N–H and O–H groups in total. The molecule has 3 aromatic rings. The van der Waals surface area contributed by atoms with Crippen LogP contribution in [0.3, 0.4) is 0 Å². The summed E-state index contributed by atoms with van der Waals surface area (Å²) in [6.07, 6.45) is 1.09. The molecule has 0 saturated carbocycles. The third kappa shape index (κ3) is 2.90. The number of para-hydroxylation sites is 1. The summed E-state index contributed by atoms with van der Waals surface area (Å²) in [5, 5.41) is 0. The van der Waals surface area contributed by atoms with Crippen molar-refractivity contribution in [2.24, 2.45) is 0 Å². The average molecular weight is 367 g/mol. The standard InChI is InChI=1S/C15H14NS.HI/c1-2-6-13(7-3-1)10-11-16-12-17-15-9-5-4-8-14(15)16;/h1-9,12H,10-11H2;1H/q+1;/p-1. The molecule has 0 atom stereocenters. The van der Waals surface area contributed by atoms with E-state index in [1.165, 1.54) is 15.8 Å². The zero-order valence-corrected chi connectivity index (χ0v) is 12.9. The first-order valence-electron chi connectivity index (χ1n) is 5.83. The molecule has 0 saturated heterocycles. The van der Waals surface area contributed by atoms with E-state index in [2.05, 4.69) is 64.7 Å². The maximum absolute atomic E-state index is 2.34. The van der Waals surface area contributed by atoms with Gasteiger partial charge < -0.3 is 24.0 Å². The third-order valence-corrected chi connectivity index (χ3v) is 3.92. The summed E-state index contributed by atoms with van der Waals surface area (Å²) >= 11 is 1.81. The van der Waals surface area contributed by atoms with E-state index >= 15 is 0 Å². The Labute approximate surface area is 128 Å². The first-order valence-corrected chi connectivity index (χ1v) is 6.71. The fourth-order valence-corrected chi connectivity index (χ4v) is 2.96. The molecule has 3 rings (SSSR count). The van der Waals surface area contributed by atoms with Gasteiger partial charge in [-0.2, -0.15) is 4.57 Å². The lowest BCUT2D eigenvalue weighted by Gasteiger charge is -1.96. The Balaban J connectivity index is 0.00000120. The van der Waals surface area contributed by atoms with Crippen LogP contribution in [0.2, 0.25) is 0 Å². The summed E-state index contributed by atoms with van der Waals surface area (Å²) in [5.74, 6) is 0. The minimum Gasteiger partial charge on any atom is -1.00 e. The van der Waals surface area contributed by atoms with Gasteiger partial charge in [-0.1, -0.05) is 53.8 Å². The highest BCUT2D eigenvalue weighted by molar-refractivity contribution is 7.16. The molecule has 0 fully saturated rings. The number of benzene rings is 2. The lowest BCUT2D eigenvalue weighted by atomic mass is 10.1. The number of hydrogen-bond acceptors (Lipinski definition) is 1. The topological polar surface area (TPSA) is 3.88 Å². The van der Waals surface area contributed by atoms with E-state index in [1.807, 2.05) is 11.3 Å². The van der Waals surface area contributed by atoms with Crippen molar-refractivity contribution in [1.82, 2.24) is 0 Å². The number of aryl methyl sites for hydroxylation is 2. The molecule has 2 aromatic carbocycles. The SMILES string of the molecule is [I-].c1ccc(CC[n+]2csc3ccccc32)cc1. The maximum Gasteiger partial charge on any atom is 0.225 e. The number of thiazole rings is 1. The summed E-state index contributed by atoms with van der Waals surface area (Å²) in [5.41, 5.74) is 4.96. The zero-order chi connectivity index (χ0) is 11.5. The van der Waals surface area contributed by atoms with Crippen LogP contribution in [-0.4, -0.2) is 0 Å². The highest BCUT2D eigenvalue weighted by Crippen LogP contribution is 2.15. The quantitative estimate of drug-likeness (QED) is 0.467. The number of hydrogen-bond donors (Lipinski definition) is 0. The van der Waals surface area contributed by atoms with E-state index < -0.39 is 0 Å². The molecule has 0 unspecified atom stereocenters. The van der Waals surface area contributed by atoms with E-state index in [9.17, 15) is 0 Å². The molecular weight excluding hydrogens is 353 g/mol. The predicted octanol–water partition coefficient (Wildman–Crippen LogP) is 0.436. The van der Waals surface area contributed by atoms with Gasteiger partial charge in [0.15, 0.2) is 6.54 Å². The second-order valence-electron chi connectivity index (χ2n) is 4.12. The van der Waals surface area contributed by atoms with Gasteiger partial charge in [0.05, 0.1) is 0 Å². The van der Waals surface area contributed by atoms with E-state index in [0.29, 0.717) is 0 Å². The average Bonchev–Trinajstić information content (AvgIpc) is 2.81. The van der Waals surface area contributed by atoms with Gasteiger partial charge in [-0.25, -0.2) is 0 Å². The number of rotatable bonds is 3. The van der Waals surface area contributed by atoms with Crippen LogP contribution in [-0.2, 0) is 13.0 Å². The van der Waals surface area contributed by atoms with Gasteiger partial charge in [-0.15, -0.1) is 0 Å². The molecular formula is C15H14INS. The van der Waals surface area contributed by atoms with Crippen LogP contribution < -0.4 is 28.5 Å². The Morgan fingerprint density at radius 2 is 1.61 bits per heavy atom. The van der Waals surface area contributed by atoms with Crippen LogP contribution >= 0.6 is 11.3 Å². The molecule has 1 nitrogen and oxygen atoms in total. The highest BCUT2D eigenvalue weighted by Gasteiger charge is 2.10. The van der Waals surface area contributed by atoms with Crippen LogP contribution in [0.4, 0.5) is 0 Å². The van der Waals surface area contributed by atoms with Crippen LogP contribution in [0.15, 0.2) is 60.1 Å². The van der Waals surface area contributed by atoms with E-state index in [1.54, 1.807) is 0 Å². The Hall–Kier alpha value is -0.940. The second kappa shape index (κ2) is 6.29. The molecule has 3 heteroatoms. The Morgan fingerprint density at radius 3 is 2.44 bits per heavy atom. The lowest BCUT2D eigenvalue weighted by Crippen LogP contribution is -3.00. The fraction of sp³-hybridized carbons (Fsp3) is 0.133. The predicted molar refractivity (Wildman–Crippen MR) is 72.2 cm³/mol. The molecule has 0 aliphatic heterocycles. The zero-order valence-electron chi connectivity index (χ0n) is 9.92. The minimum absolute atomic E-state index is 0. The molecule has 92 valence electrons. The minimum atomic E-state index is 0. The van der Waals surface area contributed by atoms with Gasteiger partial charge in [-0.3, -0.25) is 0 Å². The van der Waals surface area contributed by atoms with Crippen LogP contribution in [0.5, 0.6) is 0 Å². The maximum atomic E-state index is 2.34. The first-order chi connectivity index (χ1) is 8.43. The van der Waals surface area contributed by atoms with E-state index in [-0.39, 0.29) is 24.0 Å². The summed E-state index contributed by atoms with van der Waals surface area (Å²) in [6, 6.07) is 19.2. The molecule has 0 amide bonds. The van der Waals surface area contributed by atoms with E-state index in [0.717, 1.165) is 13.0 Å². The van der Waals surface area contributed by atoms with Gasteiger partial charge in [0.1, 0.15) is 4.70 Å². The summed E-state index contributed by atoms with van der Waals surface area (Å²) < 4.78 is 3.70. The monoisotopic (exact) mass is 367 g/mol. The lowest BCUT2D eigenvalue weighted by molar-refractivity contribution is -0.666. The smallest absolute Gasteiger partial charge is 0.225 e. The number of fused-ring (bicyclic) bond motifs is 1. The number of halogens is 1. The third-order valence-electron chi connectivity index (χ3n) is 2.97. The number of aromatic nitrogens is 1. The van der Waals surface area contributed by atoms with Crippen molar-refractivity contribution in [2.75, 3.05) is 0 Å². The normalized spacial score (nSPS) is 10.2. The Kier molecular flexibility index (Phi) is 4.72. The summed E-state index contributed by atoms with van der Waals surface area (Å²) in [4.78, 5) is 0. The molecule has 0 spiro atoms. The molecule has 0 aliphatic rings.